The quantitative estimate of drug-likeness (QED) is 0.461. The van der Waals surface area contributed by atoms with Crippen molar-refractivity contribution in [3.8, 4) is 17.0 Å². The summed E-state index contributed by atoms with van der Waals surface area (Å²) >= 11 is 0. The predicted molar refractivity (Wildman–Crippen MR) is 112 cm³/mol. The number of ether oxygens (including phenoxy) is 1. The summed E-state index contributed by atoms with van der Waals surface area (Å²) in [5, 5.41) is 0. The number of nitrogens with zero attached hydrogens (tertiary/aromatic N) is 1. The second-order valence-electron chi connectivity index (χ2n) is 6.97. The van der Waals surface area contributed by atoms with Crippen molar-refractivity contribution < 1.29 is 4.74 Å². The molecular formula is C24H35NO. The minimum absolute atomic E-state index is 0.542. The molecule has 0 aliphatic heterocycles. The normalized spacial score (nSPS) is 11.2. The third-order valence-electron chi connectivity index (χ3n) is 5.16. The van der Waals surface area contributed by atoms with Gasteiger partial charge in [-0.1, -0.05) is 58.7 Å². The number of benzene rings is 1. The second-order valence-corrected chi connectivity index (χ2v) is 6.97. The molecule has 0 unspecified atom stereocenters. The molecule has 0 amide bonds. The molecule has 2 heteroatoms. The van der Waals surface area contributed by atoms with Crippen molar-refractivity contribution in [2.45, 2.75) is 79.1 Å². The van der Waals surface area contributed by atoms with Crippen LogP contribution in [0, 0.1) is 0 Å². The monoisotopic (exact) mass is 353 g/mol. The van der Waals surface area contributed by atoms with Crippen LogP contribution in [0.4, 0.5) is 0 Å². The summed E-state index contributed by atoms with van der Waals surface area (Å²) in [5.74, 6) is 1.57. The van der Waals surface area contributed by atoms with Crippen molar-refractivity contribution >= 4 is 0 Å². The van der Waals surface area contributed by atoms with Gasteiger partial charge in [-0.15, -0.1) is 0 Å². The molecule has 0 atom stereocenters. The maximum Gasteiger partial charge on any atom is 0.126 e. The fourth-order valence-electron chi connectivity index (χ4n) is 3.90. The van der Waals surface area contributed by atoms with Crippen LogP contribution in [0.25, 0.3) is 11.3 Å². The van der Waals surface area contributed by atoms with Gasteiger partial charge in [0.1, 0.15) is 5.75 Å². The van der Waals surface area contributed by atoms with Crippen molar-refractivity contribution in [2.24, 2.45) is 0 Å². The van der Waals surface area contributed by atoms with Crippen LogP contribution >= 0.6 is 0 Å². The zero-order valence-electron chi connectivity index (χ0n) is 17.3. The van der Waals surface area contributed by atoms with Crippen LogP contribution in [-0.2, 0) is 12.8 Å². The summed E-state index contributed by atoms with van der Waals surface area (Å²) in [7, 11) is 0. The Morgan fingerprint density at radius 2 is 1.54 bits per heavy atom. The molecule has 1 aromatic carbocycles. The Morgan fingerprint density at radius 3 is 2.04 bits per heavy atom. The Hall–Kier alpha value is -1.83. The first kappa shape index (κ1) is 20.5. The van der Waals surface area contributed by atoms with Crippen LogP contribution in [0.3, 0.4) is 0 Å². The first-order chi connectivity index (χ1) is 12.7. The molecule has 0 radical (unpaired) electrons. The molecule has 1 aromatic heterocycles. The minimum atomic E-state index is 0.542. The van der Waals surface area contributed by atoms with E-state index >= 15 is 0 Å². The van der Waals surface area contributed by atoms with Gasteiger partial charge >= 0.3 is 0 Å². The van der Waals surface area contributed by atoms with E-state index in [2.05, 4.69) is 65.1 Å². The molecule has 0 aliphatic rings. The Kier molecular flexibility index (Phi) is 8.15. The van der Waals surface area contributed by atoms with Crippen molar-refractivity contribution in [1.29, 1.82) is 0 Å². The van der Waals surface area contributed by atoms with Crippen LogP contribution in [0.2, 0.25) is 0 Å². The highest BCUT2D eigenvalue weighted by Crippen LogP contribution is 2.37. The lowest BCUT2D eigenvalue weighted by molar-refractivity contribution is 0.331. The molecule has 142 valence electrons. The molecule has 2 nitrogen and oxygen atoms in total. The first-order valence-corrected chi connectivity index (χ1v) is 10.4. The van der Waals surface area contributed by atoms with E-state index in [0.29, 0.717) is 12.5 Å². The zero-order chi connectivity index (χ0) is 18.9. The average Bonchev–Trinajstić information content (AvgIpc) is 2.67. The van der Waals surface area contributed by atoms with Gasteiger partial charge in [-0.25, -0.2) is 0 Å². The number of hydrogen-bond donors (Lipinski definition) is 0. The largest absolute Gasteiger partial charge is 0.493 e. The summed E-state index contributed by atoms with van der Waals surface area (Å²) in [5.41, 5.74) is 6.37. The number of pyridine rings is 1. The molecule has 2 rings (SSSR count). The maximum absolute atomic E-state index is 6.08. The molecule has 0 aliphatic carbocycles. The molecule has 0 bridgehead atoms. The van der Waals surface area contributed by atoms with E-state index in [1.807, 2.05) is 0 Å². The van der Waals surface area contributed by atoms with Gasteiger partial charge in [-0.3, -0.25) is 4.98 Å². The molecule has 0 N–H and O–H groups in total. The highest BCUT2D eigenvalue weighted by atomic mass is 16.5. The van der Waals surface area contributed by atoms with Gasteiger partial charge in [-0.2, -0.15) is 0 Å². The van der Waals surface area contributed by atoms with E-state index < -0.39 is 0 Å². The lowest BCUT2D eigenvalue weighted by Crippen LogP contribution is -2.06. The van der Waals surface area contributed by atoms with Gasteiger partial charge in [0.15, 0.2) is 0 Å². The van der Waals surface area contributed by atoms with Gasteiger partial charge in [0, 0.05) is 23.4 Å². The van der Waals surface area contributed by atoms with Crippen molar-refractivity contribution in [3.05, 3.63) is 47.2 Å². The maximum atomic E-state index is 6.08. The summed E-state index contributed by atoms with van der Waals surface area (Å²) in [6.07, 6.45) is 8.90. The SMILES string of the molecule is CCCC(CCC)c1cnc(-c2c(CC)cccc2CC)cc1OCC. The van der Waals surface area contributed by atoms with Crippen LogP contribution in [0.5, 0.6) is 5.75 Å². The van der Waals surface area contributed by atoms with E-state index in [4.69, 9.17) is 9.72 Å². The van der Waals surface area contributed by atoms with Crippen LogP contribution in [-0.4, -0.2) is 11.6 Å². The lowest BCUT2D eigenvalue weighted by Gasteiger charge is -2.21. The van der Waals surface area contributed by atoms with Crippen LogP contribution < -0.4 is 4.74 Å². The van der Waals surface area contributed by atoms with E-state index in [9.17, 15) is 0 Å². The predicted octanol–water partition coefficient (Wildman–Crippen LogP) is 6.96. The van der Waals surface area contributed by atoms with Gasteiger partial charge in [0.2, 0.25) is 0 Å². The average molecular weight is 354 g/mol. The van der Waals surface area contributed by atoms with Crippen molar-refractivity contribution in [1.82, 2.24) is 4.98 Å². The molecule has 0 spiro atoms. The summed E-state index contributed by atoms with van der Waals surface area (Å²) < 4.78 is 6.08. The molecule has 1 heterocycles. The molecule has 2 aromatic rings. The topological polar surface area (TPSA) is 22.1 Å². The van der Waals surface area contributed by atoms with Gasteiger partial charge in [-0.05, 0) is 49.7 Å². The van der Waals surface area contributed by atoms with Gasteiger partial charge < -0.3 is 4.74 Å². The third kappa shape index (κ3) is 4.66. The fourth-order valence-corrected chi connectivity index (χ4v) is 3.90. The van der Waals surface area contributed by atoms with Gasteiger partial charge in [0.25, 0.3) is 0 Å². The molecule has 0 saturated heterocycles. The number of rotatable bonds is 10. The number of hydrogen-bond acceptors (Lipinski definition) is 2. The fraction of sp³-hybridized carbons (Fsp3) is 0.542. The van der Waals surface area contributed by atoms with Crippen molar-refractivity contribution in [2.75, 3.05) is 6.61 Å². The Bertz CT molecular complexity index is 664. The molecule has 0 fully saturated rings. The molecule has 0 saturated carbocycles. The number of aryl methyl sites for hydroxylation is 2. The summed E-state index contributed by atoms with van der Waals surface area (Å²) in [6, 6.07) is 8.80. The summed E-state index contributed by atoms with van der Waals surface area (Å²) in [6.45, 7) is 11.7. The van der Waals surface area contributed by atoms with Gasteiger partial charge in [0.05, 0.1) is 12.3 Å². The summed E-state index contributed by atoms with van der Waals surface area (Å²) in [4.78, 5) is 4.91. The van der Waals surface area contributed by atoms with E-state index in [-0.39, 0.29) is 0 Å². The molecule has 26 heavy (non-hydrogen) atoms. The third-order valence-corrected chi connectivity index (χ3v) is 5.16. The smallest absolute Gasteiger partial charge is 0.126 e. The highest BCUT2D eigenvalue weighted by Gasteiger charge is 2.18. The number of aromatic nitrogens is 1. The van der Waals surface area contributed by atoms with Crippen molar-refractivity contribution in [3.63, 3.8) is 0 Å². The van der Waals surface area contributed by atoms with Crippen LogP contribution in [0.1, 0.15) is 82.9 Å². The zero-order valence-corrected chi connectivity index (χ0v) is 17.3. The second kappa shape index (κ2) is 10.4. The van der Waals surface area contributed by atoms with E-state index in [1.54, 1.807) is 0 Å². The standard InChI is InChI=1S/C24H35NO/c1-6-12-20(13-7-2)21-17-25-22(16-23(21)26-10-5)24-18(8-3)14-11-15-19(24)9-4/h11,14-17,20H,6-10,12-13H2,1-5H3. The van der Waals surface area contributed by atoms with Crippen LogP contribution in [0.15, 0.2) is 30.5 Å². The Labute approximate surface area is 160 Å². The lowest BCUT2D eigenvalue weighted by atomic mass is 9.89. The highest BCUT2D eigenvalue weighted by molar-refractivity contribution is 5.69. The Balaban J connectivity index is 2.55. The van der Waals surface area contributed by atoms with E-state index in [1.165, 1.54) is 47.9 Å². The Morgan fingerprint density at radius 1 is 0.923 bits per heavy atom. The first-order valence-electron chi connectivity index (χ1n) is 10.4. The molecular weight excluding hydrogens is 318 g/mol. The minimum Gasteiger partial charge on any atom is -0.493 e. The van der Waals surface area contributed by atoms with E-state index in [0.717, 1.165) is 24.3 Å².